The molecule has 2 aromatic rings. The summed E-state index contributed by atoms with van der Waals surface area (Å²) < 4.78 is 24.3. The van der Waals surface area contributed by atoms with Crippen LogP contribution in [0.2, 0.25) is 5.02 Å². The molecule has 1 heterocycles. The van der Waals surface area contributed by atoms with Gasteiger partial charge in [-0.05, 0) is 42.1 Å². The number of nitrogens with two attached hydrogens (primary N) is 1. The number of benzene rings is 1. The Morgan fingerprint density at radius 1 is 1.17 bits per heavy atom. The highest BCUT2D eigenvalue weighted by molar-refractivity contribution is 7.91. The normalized spacial score (nSPS) is 11.2. The monoisotopic (exact) mass is 386 g/mol. The second kappa shape index (κ2) is 7.78. The quantitative estimate of drug-likeness (QED) is 0.762. The fourth-order valence-corrected chi connectivity index (χ4v) is 4.22. The third-order valence-electron chi connectivity index (χ3n) is 3.17. The summed E-state index contributed by atoms with van der Waals surface area (Å²) >= 11 is 6.91. The second-order valence-corrected chi connectivity index (χ2v) is 8.41. The van der Waals surface area contributed by atoms with Gasteiger partial charge in [-0.25, -0.2) is 8.42 Å². The first-order chi connectivity index (χ1) is 11.3. The lowest BCUT2D eigenvalue weighted by Crippen LogP contribution is -2.17. The SMILES string of the molecule is NC(=O)c1ccsc1NC(=O)CCCS(=O)(=O)c1ccc(Cl)cc1. The summed E-state index contributed by atoms with van der Waals surface area (Å²) in [6, 6.07) is 7.39. The molecule has 3 N–H and O–H groups in total. The van der Waals surface area contributed by atoms with Crippen molar-refractivity contribution >= 4 is 49.6 Å². The molecule has 2 rings (SSSR count). The van der Waals surface area contributed by atoms with Crippen LogP contribution in [0.5, 0.6) is 0 Å². The Balaban J connectivity index is 1.89. The van der Waals surface area contributed by atoms with E-state index in [0.717, 1.165) is 0 Å². The molecular weight excluding hydrogens is 372 g/mol. The molecule has 0 saturated heterocycles. The van der Waals surface area contributed by atoms with Crippen LogP contribution in [0, 0.1) is 0 Å². The number of anilines is 1. The van der Waals surface area contributed by atoms with Gasteiger partial charge in [0.05, 0.1) is 16.2 Å². The lowest BCUT2D eigenvalue weighted by molar-refractivity contribution is -0.116. The van der Waals surface area contributed by atoms with E-state index < -0.39 is 15.7 Å². The summed E-state index contributed by atoms with van der Waals surface area (Å²) in [5, 5.41) is 5.03. The molecule has 1 aromatic carbocycles. The highest BCUT2D eigenvalue weighted by Crippen LogP contribution is 2.23. The van der Waals surface area contributed by atoms with E-state index in [1.54, 1.807) is 5.38 Å². The standard InChI is InChI=1S/C15H15ClN2O4S2/c16-10-3-5-11(6-4-10)24(21,22)9-1-2-13(19)18-15-12(14(17)20)7-8-23-15/h3-8H,1-2,9H2,(H2,17,20)(H,18,19). The molecule has 128 valence electrons. The zero-order chi connectivity index (χ0) is 17.7. The van der Waals surface area contributed by atoms with Gasteiger partial charge in [-0.1, -0.05) is 11.6 Å². The number of amides is 2. The van der Waals surface area contributed by atoms with Gasteiger partial charge in [0.25, 0.3) is 5.91 Å². The third kappa shape index (κ3) is 4.80. The number of hydrogen-bond donors (Lipinski definition) is 2. The summed E-state index contributed by atoms with van der Waals surface area (Å²) in [5.41, 5.74) is 5.43. The van der Waals surface area contributed by atoms with Gasteiger partial charge in [0.2, 0.25) is 5.91 Å². The summed E-state index contributed by atoms with van der Waals surface area (Å²) in [4.78, 5) is 23.2. The number of hydrogen-bond acceptors (Lipinski definition) is 5. The van der Waals surface area contributed by atoms with Gasteiger partial charge < -0.3 is 11.1 Å². The van der Waals surface area contributed by atoms with Crippen molar-refractivity contribution in [1.82, 2.24) is 0 Å². The summed E-state index contributed by atoms with van der Waals surface area (Å²) in [5.74, 6) is -1.15. The topological polar surface area (TPSA) is 106 Å². The fraction of sp³-hybridized carbons (Fsp3) is 0.200. The van der Waals surface area contributed by atoms with Crippen LogP contribution in [-0.2, 0) is 14.6 Å². The molecule has 0 spiro atoms. The number of halogens is 1. The molecular formula is C15H15ClN2O4S2. The number of thiophene rings is 1. The number of nitrogens with one attached hydrogen (secondary N) is 1. The van der Waals surface area contributed by atoms with Gasteiger partial charge in [0, 0.05) is 11.4 Å². The smallest absolute Gasteiger partial charge is 0.251 e. The first-order valence-electron chi connectivity index (χ1n) is 6.95. The van der Waals surface area contributed by atoms with Crippen LogP contribution in [-0.4, -0.2) is 26.0 Å². The Labute approximate surface area is 148 Å². The molecule has 0 saturated carbocycles. The van der Waals surface area contributed by atoms with Crippen LogP contribution >= 0.6 is 22.9 Å². The van der Waals surface area contributed by atoms with Crippen molar-refractivity contribution in [2.45, 2.75) is 17.7 Å². The van der Waals surface area contributed by atoms with Crippen LogP contribution in [0.4, 0.5) is 5.00 Å². The molecule has 0 radical (unpaired) electrons. The highest BCUT2D eigenvalue weighted by atomic mass is 35.5. The van der Waals surface area contributed by atoms with E-state index in [4.69, 9.17) is 17.3 Å². The maximum Gasteiger partial charge on any atom is 0.251 e. The minimum atomic E-state index is -3.47. The molecule has 24 heavy (non-hydrogen) atoms. The van der Waals surface area contributed by atoms with Crippen molar-refractivity contribution in [2.24, 2.45) is 5.73 Å². The summed E-state index contributed by atoms with van der Waals surface area (Å²) in [6.45, 7) is 0. The van der Waals surface area contributed by atoms with Gasteiger partial charge in [-0.3, -0.25) is 9.59 Å². The number of rotatable bonds is 7. The van der Waals surface area contributed by atoms with E-state index in [1.165, 1.54) is 41.7 Å². The van der Waals surface area contributed by atoms with Crippen molar-refractivity contribution in [3.63, 3.8) is 0 Å². The first kappa shape index (κ1) is 18.4. The lowest BCUT2D eigenvalue weighted by atomic mass is 10.3. The molecule has 1 aromatic heterocycles. The average Bonchev–Trinajstić information content (AvgIpc) is 2.95. The summed E-state index contributed by atoms with van der Waals surface area (Å²) in [6.07, 6.45) is 0.178. The third-order valence-corrected chi connectivity index (χ3v) is 6.07. The van der Waals surface area contributed by atoms with Crippen molar-refractivity contribution in [2.75, 3.05) is 11.1 Å². The van der Waals surface area contributed by atoms with E-state index in [-0.39, 0.29) is 35.0 Å². The fourth-order valence-electron chi connectivity index (χ4n) is 1.97. The number of primary amides is 1. The molecule has 9 heteroatoms. The first-order valence-corrected chi connectivity index (χ1v) is 9.86. The largest absolute Gasteiger partial charge is 0.366 e. The van der Waals surface area contributed by atoms with E-state index in [9.17, 15) is 18.0 Å². The Morgan fingerprint density at radius 3 is 2.46 bits per heavy atom. The van der Waals surface area contributed by atoms with Crippen LogP contribution in [0.3, 0.4) is 0 Å². The van der Waals surface area contributed by atoms with E-state index in [1.807, 2.05) is 0 Å². The van der Waals surface area contributed by atoms with Crippen molar-refractivity contribution in [3.8, 4) is 0 Å². The van der Waals surface area contributed by atoms with Crippen molar-refractivity contribution in [1.29, 1.82) is 0 Å². The number of carbonyl (C=O) groups excluding carboxylic acids is 2. The van der Waals surface area contributed by atoms with E-state index in [2.05, 4.69) is 5.32 Å². The minimum absolute atomic E-state index is 0.0168. The molecule has 0 aliphatic carbocycles. The lowest BCUT2D eigenvalue weighted by Gasteiger charge is -2.06. The number of sulfone groups is 1. The van der Waals surface area contributed by atoms with E-state index >= 15 is 0 Å². The van der Waals surface area contributed by atoms with Crippen molar-refractivity contribution in [3.05, 3.63) is 46.3 Å². The van der Waals surface area contributed by atoms with Gasteiger partial charge in [0.15, 0.2) is 9.84 Å². The minimum Gasteiger partial charge on any atom is -0.366 e. The van der Waals surface area contributed by atoms with Gasteiger partial charge in [-0.2, -0.15) is 0 Å². The van der Waals surface area contributed by atoms with Crippen LogP contribution in [0.1, 0.15) is 23.2 Å². The van der Waals surface area contributed by atoms with Crippen LogP contribution < -0.4 is 11.1 Å². The van der Waals surface area contributed by atoms with Crippen molar-refractivity contribution < 1.29 is 18.0 Å². The predicted octanol–water partition coefficient (Wildman–Crippen LogP) is 2.69. The Kier molecular flexibility index (Phi) is 5.98. The predicted molar refractivity (Wildman–Crippen MR) is 94.2 cm³/mol. The Bertz CT molecular complexity index is 845. The highest BCUT2D eigenvalue weighted by Gasteiger charge is 2.16. The Hall–Kier alpha value is -1.90. The maximum atomic E-state index is 12.2. The van der Waals surface area contributed by atoms with E-state index in [0.29, 0.717) is 10.0 Å². The molecule has 0 unspecified atom stereocenters. The molecule has 6 nitrogen and oxygen atoms in total. The van der Waals surface area contributed by atoms with Gasteiger partial charge in [-0.15, -0.1) is 11.3 Å². The molecule has 0 fully saturated rings. The van der Waals surface area contributed by atoms with Gasteiger partial charge >= 0.3 is 0 Å². The summed E-state index contributed by atoms with van der Waals surface area (Å²) in [7, 11) is -3.47. The zero-order valence-corrected chi connectivity index (χ0v) is 14.9. The molecule has 0 atom stereocenters. The number of carbonyl (C=O) groups is 2. The maximum absolute atomic E-state index is 12.2. The Morgan fingerprint density at radius 2 is 1.83 bits per heavy atom. The van der Waals surface area contributed by atoms with Gasteiger partial charge in [0.1, 0.15) is 5.00 Å². The second-order valence-electron chi connectivity index (χ2n) is 4.95. The molecule has 0 bridgehead atoms. The molecule has 0 aliphatic heterocycles. The van der Waals surface area contributed by atoms with Crippen LogP contribution in [0.15, 0.2) is 40.6 Å². The van der Waals surface area contributed by atoms with Crippen LogP contribution in [0.25, 0.3) is 0 Å². The molecule has 2 amide bonds. The molecule has 0 aliphatic rings. The average molecular weight is 387 g/mol. The zero-order valence-electron chi connectivity index (χ0n) is 12.5.